The highest BCUT2D eigenvalue weighted by Crippen LogP contribution is 2.05. The number of amides is 1. The molecule has 0 aliphatic carbocycles. The summed E-state index contributed by atoms with van der Waals surface area (Å²) in [6.45, 7) is 5.83. The lowest BCUT2D eigenvalue weighted by molar-refractivity contribution is 0.0950. The zero-order valence-electron chi connectivity index (χ0n) is 10.2. The average molecular weight is 252 g/mol. The first-order valence-corrected chi connectivity index (χ1v) is 5.71. The Hall–Kier alpha value is -1.56. The maximum atomic E-state index is 11.9. The summed E-state index contributed by atoms with van der Waals surface area (Å²) in [5.41, 5.74) is 7.33. The van der Waals surface area contributed by atoms with E-state index in [2.05, 4.69) is 15.5 Å². The SMILES string of the molecule is Cc1cc(C(=O)NCC(C)C(N)=S)c(C)nn1. The molecule has 17 heavy (non-hydrogen) atoms. The molecule has 1 atom stereocenters. The van der Waals surface area contributed by atoms with Gasteiger partial charge >= 0.3 is 0 Å². The number of hydrogen-bond acceptors (Lipinski definition) is 4. The fourth-order valence-corrected chi connectivity index (χ4v) is 1.30. The smallest absolute Gasteiger partial charge is 0.253 e. The molecule has 0 fully saturated rings. The molecule has 0 aliphatic rings. The summed E-state index contributed by atoms with van der Waals surface area (Å²) in [4.78, 5) is 12.3. The highest BCUT2D eigenvalue weighted by Gasteiger charge is 2.12. The van der Waals surface area contributed by atoms with Crippen molar-refractivity contribution in [1.82, 2.24) is 15.5 Å². The van der Waals surface area contributed by atoms with Crippen LogP contribution in [-0.4, -0.2) is 27.6 Å². The van der Waals surface area contributed by atoms with Crippen molar-refractivity contribution < 1.29 is 4.79 Å². The van der Waals surface area contributed by atoms with Gasteiger partial charge in [0.1, 0.15) is 0 Å². The Morgan fingerprint density at radius 3 is 2.76 bits per heavy atom. The minimum absolute atomic E-state index is 0.0230. The van der Waals surface area contributed by atoms with Gasteiger partial charge in [-0.05, 0) is 19.9 Å². The number of hydrogen-bond donors (Lipinski definition) is 2. The molecule has 1 aromatic heterocycles. The molecule has 1 heterocycles. The quantitative estimate of drug-likeness (QED) is 0.773. The number of nitrogens with zero attached hydrogens (tertiary/aromatic N) is 2. The first kappa shape index (κ1) is 13.5. The maximum absolute atomic E-state index is 11.9. The largest absolute Gasteiger partial charge is 0.393 e. The molecule has 3 N–H and O–H groups in total. The lowest BCUT2D eigenvalue weighted by Crippen LogP contribution is -2.34. The van der Waals surface area contributed by atoms with Gasteiger partial charge in [0.2, 0.25) is 0 Å². The number of carbonyl (C=O) groups is 1. The second kappa shape index (κ2) is 5.67. The molecule has 1 unspecified atom stereocenters. The summed E-state index contributed by atoms with van der Waals surface area (Å²) in [5.74, 6) is -0.200. The van der Waals surface area contributed by atoms with Crippen LogP contribution >= 0.6 is 12.2 Å². The lowest BCUT2D eigenvalue weighted by Gasteiger charge is -2.11. The highest BCUT2D eigenvalue weighted by atomic mass is 32.1. The van der Waals surface area contributed by atoms with Gasteiger partial charge in [0, 0.05) is 12.5 Å². The van der Waals surface area contributed by atoms with E-state index >= 15 is 0 Å². The molecule has 92 valence electrons. The molecule has 1 rings (SSSR count). The van der Waals surface area contributed by atoms with Gasteiger partial charge in [0.15, 0.2) is 0 Å². The predicted octanol–water partition coefficient (Wildman–Crippen LogP) is 0.745. The molecule has 6 heteroatoms. The van der Waals surface area contributed by atoms with Gasteiger partial charge in [0.25, 0.3) is 5.91 Å². The van der Waals surface area contributed by atoms with Crippen molar-refractivity contribution in [2.45, 2.75) is 20.8 Å². The van der Waals surface area contributed by atoms with E-state index in [1.807, 2.05) is 6.92 Å². The molecule has 0 bridgehead atoms. The Labute approximate surface area is 106 Å². The molecule has 0 aromatic carbocycles. The van der Waals surface area contributed by atoms with Crippen LogP contribution in [0.15, 0.2) is 6.07 Å². The number of aromatic nitrogens is 2. The van der Waals surface area contributed by atoms with E-state index in [1.165, 1.54) is 0 Å². The van der Waals surface area contributed by atoms with Crippen LogP contribution < -0.4 is 11.1 Å². The third kappa shape index (κ3) is 3.74. The third-order valence-electron chi connectivity index (χ3n) is 2.40. The lowest BCUT2D eigenvalue weighted by atomic mass is 10.1. The van der Waals surface area contributed by atoms with Crippen molar-refractivity contribution in [1.29, 1.82) is 0 Å². The van der Waals surface area contributed by atoms with Crippen LogP contribution in [0, 0.1) is 19.8 Å². The van der Waals surface area contributed by atoms with E-state index in [0.29, 0.717) is 28.5 Å². The van der Waals surface area contributed by atoms with E-state index in [1.54, 1.807) is 19.9 Å². The minimum Gasteiger partial charge on any atom is -0.393 e. The normalized spacial score (nSPS) is 11.9. The van der Waals surface area contributed by atoms with E-state index in [9.17, 15) is 4.79 Å². The number of nitrogens with one attached hydrogen (secondary N) is 1. The second-order valence-corrected chi connectivity index (χ2v) is 4.47. The standard InChI is InChI=1S/C11H16N4OS/c1-6(10(12)17)5-13-11(16)9-4-7(2)14-15-8(9)3/h4,6H,5H2,1-3H3,(H2,12,17)(H,13,16). The summed E-state index contributed by atoms with van der Waals surface area (Å²) in [5, 5.41) is 10.5. The summed E-state index contributed by atoms with van der Waals surface area (Å²) in [6, 6.07) is 1.71. The van der Waals surface area contributed by atoms with E-state index in [0.717, 1.165) is 0 Å². The summed E-state index contributed by atoms with van der Waals surface area (Å²) >= 11 is 4.84. The molecule has 1 amide bonds. The summed E-state index contributed by atoms with van der Waals surface area (Å²) < 4.78 is 0. The van der Waals surface area contributed by atoms with Gasteiger partial charge in [0.05, 0.1) is 21.9 Å². The molecular weight excluding hydrogens is 236 g/mol. The van der Waals surface area contributed by atoms with Crippen molar-refractivity contribution in [2.75, 3.05) is 6.54 Å². The highest BCUT2D eigenvalue weighted by molar-refractivity contribution is 7.80. The summed E-state index contributed by atoms with van der Waals surface area (Å²) in [6.07, 6.45) is 0. The molecule has 0 spiro atoms. The number of thiocarbonyl (C=S) groups is 1. The number of nitrogens with two attached hydrogens (primary N) is 1. The van der Waals surface area contributed by atoms with Crippen LogP contribution in [-0.2, 0) is 0 Å². The van der Waals surface area contributed by atoms with Crippen molar-refractivity contribution in [2.24, 2.45) is 11.7 Å². The Morgan fingerprint density at radius 1 is 1.53 bits per heavy atom. The Bertz CT molecular complexity index is 447. The van der Waals surface area contributed by atoms with Crippen molar-refractivity contribution in [3.8, 4) is 0 Å². The molecule has 1 aromatic rings. The first-order valence-electron chi connectivity index (χ1n) is 5.30. The van der Waals surface area contributed by atoms with Crippen molar-refractivity contribution >= 4 is 23.1 Å². The maximum Gasteiger partial charge on any atom is 0.253 e. The number of carbonyl (C=O) groups excluding carboxylic acids is 1. The van der Waals surface area contributed by atoms with Crippen LogP contribution in [0.3, 0.4) is 0 Å². The molecule has 0 radical (unpaired) electrons. The molecule has 0 aliphatic heterocycles. The fourth-order valence-electron chi connectivity index (χ4n) is 1.22. The van der Waals surface area contributed by atoms with Crippen LogP contribution in [0.2, 0.25) is 0 Å². The van der Waals surface area contributed by atoms with Gasteiger partial charge in [-0.2, -0.15) is 10.2 Å². The van der Waals surface area contributed by atoms with Crippen LogP contribution in [0.25, 0.3) is 0 Å². The van der Waals surface area contributed by atoms with Crippen molar-refractivity contribution in [3.63, 3.8) is 0 Å². The van der Waals surface area contributed by atoms with Crippen LogP contribution in [0.5, 0.6) is 0 Å². The van der Waals surface area contributed by atoms with E-state index in [4.69, 9.17) is 18.0 Å². The number of aryl methyl sites for hydroxylation is 2. The monoisotopic (exact) mass is 252 g/mol. The average Bonchev–Trinajstić information content (AvgIpc) is 2.28. The Balaban J connectivity index is 2.70. The molecular formula is C11H16N4OS. The van der Waals surface area contributed by atoms with Crippen LogP contribution in [0.4, 0.5) is 0 Å². The Morgan fingerprint density at radius 2 is 2.18 bits per heavy atom. The number of rotatable bonds is 4. The van der Waals surface area contributed by atoms with E-state index in [-0.39, 0.29) is 11.8 Å². The fraction of sp³-hybridized carbons (Fsp3) is 0.455. The third-order valence-corrected chi connectivity index (χ3v) is 2.80. The summed E-state index contributed by atoms with van der Waals surface area (Å²) in [7, 11) is 0. The molecule has 0 saturated heterocycles. The minimum atomic E-state index is -0.177. The molecule has 0 saturated carbocycles. The second-order valence-electron chi connectivity index (χ2n) is 4.00. The first-order chi connectivity index (χ1) is 7.91. The predicted molar refractivity (Wildman–Crippen MR) is 69.8 cm³/mol. The van der Waals surface area contributed by atoms with Crippen molar-refractivity contribution in [3.05, 3.63) is 23.0 Å². The van der Waals surface area contributed by atoms with Gasteiger partial charge < -0.3 is 11.1 Å². The zero-order valence-corrected chi connectivity index (χ0v) is 11.0. The topological polar surface area (TPSA) is 80.9 Å². The van der Waals surface area contributed by atoms with Gasteiger partial charge in [-0.15, -0.1) is 0 Å². The van der Waals surface area contributed by atoms with Crippen LogP contribution in [0.1, 0.15) is 28.7 Å². The van der Waals surface area contributed by atoms with Gasteiger partial charge in [-0.1, -0.05) is 19.1 Å². The van der Waals surface area contributed by atoms with E-state index < -0.39 is 0 Å². The van der Waals surface area contributed by atoms with Gasteiger partial charge in [-0.3, -0.25) is 4.79 Å². The van der Waals surface area contributed by atoms with Gasteiger partial charge in [-0.25, -0.2) is 0 Å². The molecule has 5 nitrogen and oxygen atoms in total. The zero-order chi connectivity index (χ0) is 13.0. The Kier molecular flexibility index (Phi) is 4.51.